The molecule has 0 aromatic heterocycles. The molecule has 22 heavy (non-hydrogen) atoms. The van der Waals surface area contributed by atoms with E-state index in [9.17, 15) is 0 Å². The Morgan fingerprint density at radius 1 is 1.18 bits per heavy atom. The number of hydrogen-bond donors (Lipinski definition) is 1. The Kier molecular flexibility index (Phi) is 7.00. The van der Waals surface area contributed by atoms with Crippen LogP contribution in [0.1, 0.15) is 44.7 Å². The first-order valence-corrected chi connectivity index (χ1v) is 8.55. The van der Waals surface area contributed by atoms with Crippen molar-refractivity contribution in [3.8, 4) is 11.5 Å². The van der Waals surface area contributed by atoms with E-state index in [1.807, 2.05) is 13.0 Å². The van der Waals surface area contributed by atoms with Gasteiger partial charge >= 0.3 is 0 Å². The average molecular weight is 306 g/mol. The molecule has 4 heteroatoms. The lowest BCUT2D eigenvalue weighted by Crippen LogP contribution is -2.45. The third-order valence-corrected chi connectivity index (χ3v) is 4.30. The van der Waals surface area contributed by atoms with Crippen molar-refractivity contribution in [2.45, 2.75) is 39.2 Å². The van der Waals surface area contributed by atoms with Crippen LogP contribution in [0.4, 0.5) is 0 Å². The lowest BCUT2D eigenvalue weighted by molar-refractivity contribution is 0.162. The smallest absolute Gasteiger partial charge is 0.161 e. The van der Waals surface area contributed by atoms with E-state index in [-0.39, 0.29) is 0 Å². The molecule has 0 saturated carbocycles. The van der Waals surface area contributed by atoms with Gasteiger partial charge in [-0.2, -0.15) is 0 Å². The standard InChI is InChI=1S/C18H30N2O2/c1-4-6-7-16(20-12-10-19-11-13-20)15-8-9-17(21-3)18(14-15)22-5-2/h8-9,14,16,19H,4-7,10-13H2,1-3H3/t16-/m1/s1. The molecule has 1 aromatic carbocycles. The van der Waals surface area contributed by atoms with Crippen molar-refractivity contribution >= 4 is 0 Å². The Bertz CT molecular complexity index is 445. The predicted octanol–water partition coefficient (Wildman–Crippen LogP) is 3.23. The molecule has 0 spiro atoms. The summed E-state index contributed by atoms with van der Waals surface area (Å²) in [5.41, 5.74) is 1.35. The van der Waals surface area contributed by atoms with E-state index in [0.29, 0.717) is 12.6 Å². The third kappa shape index (κ3) is 4.37. The molecule has 1 aliphatic rings. The zero-order valence-electron chi connectivity index (χ0n) is 14.2. The van der Waals surface area contributed by atoms with Crippen LogP contribution in [0.3, 0.4) is 0 Å². The number of hydrogen-bond acceptors (Lipinski definition) is 4. The van der Waals surface area contributed by atoms with E-state index in [4.69, 9.17) is 9.47 Å². The number of piperazine rings is 1. The first kappa shape index (κ1) is 17.1. The minimum Gasteiger partial charge on any atom is -0.493 e. The Morgan fingerprint density at radius 2 is 1.95 bits per heavy atom. The summed E-state index contributed by atoms with van der Waals surface area (Å²) in [7, 11) is 1.70. The Balaban J connectivity index is 2.23. The van der Waals surface area contributed by atoms with Crippen LogP contribution in [0.15, 0.2) is 18.2 Å². The first-order chi connectivity index (χ1) is 10.8. The molecule has 0 radical (unpaired) electrons. The second kappa shape index (κ2) is 9.01. The zero-order valence-corrected chi connectivity index (χ0v) is 14.2. The quantitative estimate of drug-likeness (QED) is 0.799. The summed E-state index contributed by atoms with van der Waals surface area (Å²) in [5, 5.41) is 3.44. The fraction of sp³-hybridized carbons (Fsp3) is 0.667. The van der Waals surface area contributed by atoms with Crippen LogP contribution in [0.5, 0.6) is 11.5 Å². The van der Waals surface area contributed by atoms with Gasteiger partial charge in [0.2, 0.25) is 0 Å². The minimum absolute atomic E-state index is 0.479. The molecule has 1 heterocycles. The molecule has 124 valence electrons. The highest BCUT2D eigenvalue weighted by Gasteiger charge is 2.22. The zero-order chi connectivity index (χ0) is 15.8. The number of nitrogens with zero attached hydrogens (tertiary/aromatic N) is 1. The summed E-state index contributed by atoms with van der Waals surface area (Å²) in [6, 6.07) is 6.89. The van der Waals surface area contributed by atoms with Crippen molar-refractivity contribution in [2.24, 2.45) is 0 Å². The van der Waals surface area contributed by atoms with Crippen molar-refractivity contribution < 1.29 is 9.47 Å². The molecule has 1 aliphatic heterocycles. The second-order valence-corrected chi connectivity index (χ2v) is 5.79. The molecule has 0 aliphatic carbocycles. The highest BCUT2D eigenvalue weighted by atomic mass is 16.5. The number of ether oxygens (including phenoxy) is 2. The average Bonchev–Trinajstić information content (AvgIpc) is 2.57. The van der Waals surface area contributed by atoms with E-state index >= 15 is 0 Å². The van der Waals surface area contributed by atoms with Crippen LogP contribution in [0.2, 0.25) is 0 Å². The topological polar surface area (TPSA) is 33.7 Å². The van der Waals surface area contributed by atoms with Gasteiger partial charge in [-0.1, -0.05) is 25.8 Å². The lowest BCUT2D eigenvalue weighted by atomic mass is 9.98. The van der Waals surface area contributed by atoms with Gasteiger partial charge < -0.3 is 14.8 Å². The monoisotopic (exact) mass is 306 g/mol. The van der Waals surface area contributed by atoms with Crippen LogP contribution < -0.4 is 14.8 Å². The molecule has 1 saturated heterocycles. The van der Waals surface area contributed by atoms with Crippen LogP contribution in [0, 0.1) is 0 Å². The van der Waals surface area contributed by atoms with Gasteiger partial charge in [0.15, 0.2) is 11.5 Å². The molecule has 1 atom stereocenters. The van der Waals surface area contributed by atoms with E-state index in [1.54, 1.807) is 7.11 Å². The summed E-state index contributed by atoms with van der Waals surface area (Å²) in [6.45, 7) is 9.32. The lowest BCUT2D eigenvalue weighted by Gasteiger charge is -2.35. The molecule has 2 rings (SSSR count). The van der Waals surface area contributed by atoms with E-state index in [2.05, 4.69) is 29.3 Å². The summed E-state index contributed by atoms with van der Waals surface area (Å²) in [4.78, 5) is 2.60. The normalized spacial score (nSPS) is 17.2. The maximum atomic E-state index is 5.75. The Morgan fingerprint density at radius 3 is 2.59 bits per heavy atom. The number of benzene rings is 1. The Labute approximate surface area is 134 Å². The molecular formula is C18H30N2O2. The summed E-state index contributed by atoms with van der Waals surface area (Å²) in [6.07, 6.45) is 3.69. The van der Waals surface area contributed by atoms with E-state index in [1.165, 1.54) is 24.8 Å². The van der Waals surface area contributed by atoms with Gasteiger partial charge in [-0.25, -0.2) is 0 Å². The van der Waals surface area contributed by atoms with Crippen molar-refractivity contribution in [1.29, 1.82) is 0 Å². The third-order valence-electron chi connectivity index (χ3n) is 4.30. The van der Waals surface area contributed by atoms with Gasteiger partial charge in [0.1, 0.15) is 0 Å². The van der Waals surface area contributed by atoms with Gasteiger partial charge in [0.25, 0.3) is 0 Å². The molecule has 1 fully saturated rings. The van der Waals surface area contributed by atoms with Crippen molar-refractivity contribution in [1.82, 2.24) is 10.2 Å². The highest BCUT2D eigenvalue weighted by Crippen LogP contribution is 2.34. The van der Waals surface area contributed by atoms with Crippen LogP contribution >= 0.6 is 0 Å². The minimum atomic E-state index is 0.479. The van der Waals surface area contributed by atoms with E-state index < -0.39 is 0 Å². The molecular weight excluding hydrogens is 276 g/mol. The van der Waals surface area contributed by atoms with Gasteiger partial charge in [-0.3, -0.25) is 4.90 Å². The molecule has 0 bridgehead atoms. The van der Waals surface area contributed by atoms with E-state index in [0.717, 1.165) is 37.7 Å². The SMILES string of the molecule is CCCC[C@H](c1ccc(OC)c(OCC)c1)N1CCNCC1. The van der Waals surface area contributed by atoms with Gasteiger partial charge in [0, 0.05) is 32.2 Å². The molecule has 0 amide bonds. The maximum absolute atomic E-state index is 5.75. The van der Waals surface area contributed by atoms with Crippen molar-refractivity contribution in [3.63, 3.8) is 0 Å². The van der Waals surface area contributed by atoms with Crippen LogP contribution in [0.25, 0.3) is 0 Å². The Hall–Kier alpha value is -1.26. The van der Waals surface area contributed by atoms with Crippen molar-refractivity contribution in [2.75, 3.05) is 39.9 Å². The number of nitrogens with one attached hydrogen (secondary N) is 1. The number of rotatable bonds is 8. The first-order valence-electron chi connectivity index (χ1n) is 8.55. The number of methoxy groups -OCH3 is 1. The van der Waals surface area contributed by atoms with Crippen LogP contribution in [-0.2, 0) is 0 Å². The molecule has 4 nitrogen and oxygen atoms in total. The van der Waals surface area contributed by atoms with Crippen molar-refractivity contribution in [3.05, 3.63) is 23.8 Å². The fourth-order valence-electron chi connectivity index (χ4n) is 3.12. The fourth-order valence-corrected chi connectivity index (χ4v) is 3.12. The van der Waals surface area contributed by atoms with Crippen LogP contribution in [-0.4, -0.2) is 44.8 Å². The maximum Gasteiger partial charge on any atom is 0.161 e. The molecule has 1 aromatic rings. The largest absolute Gasteiger partial charge is 0.493 e. The summed E-state index contributed by atoms with van der Waals surface area (Å²) >= 11 is 0. The molecule has 0 unspecified atom stereocenters. The highest BCUT2D eigenvalue weighted by molar-refractivity contribution is 5.44. The summed E-state index contributed by atoms with van der Waals surface area (Å²) < 4.78 is 11.2. The predicted molar refractivity (Wildman–Crippen MR) is 90.9 cm³/mol. The molecule has 1 N–H and O–H groups in total. The summed E-state index contributed by atoms with van der Waals surface area (Å²) in [5.74, 6) is 1.68. The van der Waals surface area contributed by atoms with Gasteiger partial charge in [0.05, 0.1) is 13.7 Å². The van der Waals surface area contributed by atoms with Gasteiger partial charge in [-0.15, -0.1) is 0 Å². The second-order valence-electron chi connectivity index (χ2n) is 5.79. The van der Waals surface area contributed by atoms with Gasteiger partial charge in [-0.05, 0) is 31.0 Å². The number of unbranched alkanes of at least 4 members (excludes halogenated alkanes) is 1.